The first-order valence-electron chi connectivity index (χ1n) is 11.0. The molecule has 7 nitrogen and oxygen atoms in total. The summed E-state index contributed by atoms with van der Waals surface area (Å²) in [7, 11) is -3.89. The fourth-order valence-electron chi connectivity index (χ4n) is 4.07. The Bertz CT molecular complexity index is 1340. The monoisotopic (exact) mass is 478 g/mol. The molecule has 1 atom stereocenters. The summed E-state index contributed by atoms with van der Waals surface area (Å²) in [5, 5.41) is 2.71. The van der Waals surface area contributed by atoms with Gasteiger partial charge in [0.25, 0.3) is 15.9 Å². The number of carbonyl (C=O) groups is 2. The molecule has 4 rings (SSSR count). The lowest BCUT2D eigenvalue weighted by Gasteiger charge is -2.24. The summed E-state index contributed by atoms with van der Waals surface area (Å²) in [5.41, 5.74) is 3.69. The third kappa shape index (κ3) is 4.82. The van der Waals surface area contributed by atoms with Gasteiger partial charge in [0, 0.05) is 12.6 Å². The molecule has 0 fully saturated rings. The maximum Gasteiger partial charge on any atom is 0.338 e. The first-order chi connectivity index (χ1) is 16.3. The number of para-hydroxylation sites is 1. The number of esters is 1. The lowest BCUT2D eigenvalue weighted by Crippen LogP contribution is -2.35. The van der Waals surface area contributed by atoms with Gasteiger partial charge in [-0.05, 0) is 61.2 Å². The summed E-state index contributed by atoms with van der Waals surface area (Å²) in [6.07, 6.45) is 0.620. The fraction of sp³-hybridized carbons (Fsp3) is 0.231. The SMILES string of the molecule is Cc1ccccc1CNC(=O)COC(=O)c1cccc(S(=O)(=O)N2c3ccccc3CC2C)c1. The molecule has 0 saturated heterocycles. The van der Waals surface area contributed by atoms with Crippen molar-refractivity contribution in [3.8, 4) is 0 Å². The molecule has 8 heteroatoms. The highest BCUT2D eigenvalue weighted by atomic mass is 32.2. The van der Waals surface area contributed by atoms with Gasteiger partial charge in [0.2, 0.25) is 0 Å². The van der Waals surface area contributed by atoms with Gasteiger partial charge in [0.1, 0.15) is 0 Å². The second-order valence-electron chi connectivity index (χ2n) is 8.29. The van der Waals surface area contributed by atoms with Crippen LogP contribution in [0, 0.1) is 6.92 Å². The van der Waals surface area contributed by atoms with Gasteiger partial charge in [-0.1, -0.05) is 48.5 Å². The van der Waals surface area contributed by atoms with Crippen LogP contribution in [0.1, 0.15) is 34.0 Å². The Labute approximate surface area is 199 Å². The van der Waals surface area contributed by atoms with Crippen molar-refractivity contribution in [2.45, 2.75) is 37.8 Å². The number of anilines is 1. The third-order valence-electron chi connectivity index (χ3n) is 5.84. The minimum atomic E-state index is -3.89. The van der Waals surface area contributed by atoms with Crippen molar-refractivity contribution in [2.75, 3.05) is 10.9 Å². The lowest BCUT2D eigenvalue weighted by atomic mass is 10.1. The Morgan fingerprint density at radius 2 is 1.76 bits per heavy atom. The molecule has 1 heterocycles. The van der Waals surface area contributed by atoms with Gasteiger partial charge in [-0.15, -0.1) is 0 Å². The van der Waals surface area contributed by atoms with E-state index in [2.05, 4.69) is 5.32 Å². The van der Waals surface area contributed by atoms with Gasteiger partial charge >= 0.3 is 5.97 Å². The van der Waals surface area contributed by atoms with Gasteiger partial charge in [-0.2, -0.15) is 0 Å². The quantitative estimate of drug-likeness (QED) is 0.524. The molecule has 1 aliphatic rings. The molecule has 0 saturated carbocycles. The Morgan fingerprint density at radius 1 is 1.03 bits per heavy atom. The standard InChI is InChI=1S/C26H26N2O5S/c1-18-8-3-4-10-22(18)16-27-25(29)17-33-26(30)21-11-7-12-23(15-21)34(31,32)28-19(2)14-20-9-5-6-13-24(20)28/h3-13,15,19H,14,16-17H2,1-2H3,(H,27,29). The van der Waals surface area contributed by atoms with Crippen LogP contribution < -0.4 is 9.62 Å². The van der Waals surface area contributed by atoms with Crippen molar-refractivity contribution < 1.29 is 22.7 Å². The molecule has 1 unspecified atom stereocenters. The summed E-state index contributed by atoms with van der Waals surface area (Å²) in [5.74, 6) is -1.21. The zero-order valence-electron chi connectivity index (χ0n) is 19.0. The second kappa shape index (κ2) is 9.69. The van der Waals surface area contributed by atoms with Crippen LogP contribution in [0.5, 0.6) is 0 Å². The van der Waals surface area contributed by atoms with Gasteiger partial charge < -0.3 is 10.1 Å². The lowest BCUT2D eigenvalue weighted by molar-refractivity contribution is -0.124. The van der Waals surface area contributed by atoms with Gasteiger partial charge in [0.15, 0.2) is 6.61 Å². The Morgan fingerprint density at radius 3 is 2.56 bits per heavy atom. The zero-order chi connectivity index (χ0) is 24.3. The van der Waals surface area contributed by atoms with E-state index in [0.717, 1.165) is 16.7 Å². The minimum Gasteiger partial charge on any atom is -0.452 e. The van der Waals surface area contributed by atoms with Crippen molar-refractivity contribution in [3.63, 3.8) is 0 Å². The van der Waals surface area contributed by atoms with Crippen molar-refractivity contribution in [3.05, 3.63) is 95.1 Å². The highest BCUT2D eigenvalue weighted by Gasteiger charge is 2.36. The molecule has 0 aromatic heterocycles. The molecule has 1 N–H and O–H groups in total. The number of hydrogen-bond donors (Lipinski definition) is 1. The van der Waals surface area contributed by atoms with E-state index in [9.17, 15) is 18.0 Å². The second-order valence-corrected chi connectivity index (χ2v) is 10.1. The number of nitrogens with one attached hydrogen (secondary N) is 1. The van der Waals surface area contributed by atoms with Crippen molar-refractivity contribution >= 4 is 27.6 Å². The van der Waals surface area contributed by atoms with Crippen LogP contribution in [-0.2, 0) is 32.5 Å². The molecule has 176 valence electrons. The van der Waals surface area contributed by atoms with Crippen LogP contribution in [0.3, 0.4) is 0 Å². The number of sulfonamides is 1. The van der Waals surface area contributed by atoms with Crippen LogP contribution in [-0.4, -0.2) is 32.9 Å². The Balaban J connectivity index is 1.42. The summed E-state index contributed by atoms with van der Waals surface area (Å²) >= 11 is 0. The molecule has 0 radical (unpaired) electrons. The van der Waals surface area contributed by atoms with Gasteiger partial charge in [-0.3, -0.25) is 9.10 Å². The normalized spacial score (nSPS) is 15.0. The van der Waals surface area contributed by atoms with E-state index in [-0.39, 0.29) is 16.5 Å². The third-order valence-corrected chi connectivity index (χ3v) is 7.77. The number of hydrogen-bond acceptors (Lipinski definition) is 5. The smallest absolute Gasteiger partial charge is 0.338 e. The molecular formula is C26H26N2O5S. The number of benzene rings is 3. The van der Waals surface area contributed by atoms with E-state index >= 15 is 0 Å². The summed E-state index contributed by atoms with van der Waals surface area (Å²) in [6.45, 7) is 3.67. The molecule has 3 aromatic carbocycles. The first-order valence-corrected chi connectivity index (χ1v) is 12.4. The molecule has 1 amide bonds. The average molecular weight is 479 g/mol. The largest absolute Gasteiger partial charge is 0.452 e. The van der Waals surface area contributed by atoms with Gasteiger partial charge in [0.05, 0.1) is 16.1 Å². The van der Waals surface area contributed by atoms with E-state index in [4.69, 9.17) is 4.74 Å². The highest BCUT2D eigenvalue weighted by Crippen LogP contribution is 2.36. The number of aryl methyl sites for hydroxylation is 1. The van der Waals surface area contributed by atoms with E-state index in [1.54, 1.807) is 12.1 Å². The fourth-order valence-corrected chi connectivity index (χ4v) is 5.81. The number of nitrogens with zero attached hydrogens (tertiary/aromatic N) is 1. The van der Waals surface area contributed by atoms with E-state index < -0.39 is 28.5 Å². The molecule has 34 heavy (non-hydrogen) atoms. The summed E-state index contributed by atoms with van der Waals surface area (Å²) in [4.78, 5) is 24.7. The molecule has 0 spiro atoms. The predicted octanol–water partition coefficient (Wildman–Crippen LogP) is 3.61. The van der Waals surface area contributed by atoms with Crippen molar-refractivity contribution in [1.29, 1.82) is 0 Å². The molecular weight excluding hydrogens is 452 g/mol. The molecule has 0 bridgehead atoms. The molecule has 1 aliphatic heterocycles. The number of rotatable bonds is 7. The summed E-state index contributed by atoms with van der Waals surface area (Å²) in [6, 6.07) is 20.5. The van der Waals surface area contributed by atoms with Crippen LogP contribution in [0.4, 0.5) is 5.69 Å². The van der Waals surface area contributed by atoms with Crippen molar-refractivity contribution in [2.24, 2.45) is 0 Å². The summed E-state index contributed by atoms with van der Waals surface area (Å²) < 4.78 is 33.3. The molecule has 3 aromatic rings. The minimum absolute atomic E-state index is 0.00509. The Kier molecular flexibility index (Phi) is 6.70. The Hall–Kier alpha value is -3.65. The average Bonchev–Trinajstić information content (AvgIpc) is 3.18. The van der Waals surface area contributed by atoms with Crippen LogP contribution in [0.25, 0.3) is 0 Å². The number of fused-ring (bicyclic) bond motifs is 1. The maximum absolute atomic E-state index is 13.4. The zero-order valence-corrected chi connectivity index (χ0v) is 19.8. The number of carbonyl (C=O) groups excluding carboxylic acids is 2. The van der Waals surface area contributed by atoms with E-state index in [1.165, 1.54) is 28.6 Å². The van der Waals surface area contributed by atoms with E-state index in [1.807, 2.05) is 50.2 Å². The van der Waals surface area contributed by atoms with Crippen molar-refractivity contribution in [1.82, 2.24) is 5.32 Å². The number of ether oxygens (including phenoxy) is 1. The van der Waals surface area contributed by atoms with E-state index in [0.29, 0.717) is 18.7 Å². The molecule has 0 aliphatic carbocycles. The first kappa shape index (κ1) is 23.5. The van der Waals surface area contributed by atoms with Crippen LogP contribution in [0.2, 0.25) is 0 Å². The van der Waals surface area contributed by atoms with Crippen LogP contribution in [0.15, 0.2) is 77.7 Å². The highest BCUT2D eigenvalue weighted by molar-refractivity contribution is 7.92. The van der Waals surface area contributed by atoms with Gasteiger partial charge in [-0.25, -0.2) is 13.2 Å². The maximum atomic E-state index is 13.4. The number of amides is 1. The topological polar surface area (TPSA) is 92.8 Å². The predicted molar refractivity (Wildman–Crippen MR) is 129 cm³/mol. The van der Waals surface area contributed by atoms with Crippen LogP contribution >= 0.6 is 0 Å².